The molecule has 2 aliphatic rings. The minimum atomic E-state index is -0.381. The summed E-state index contributed by atoms with van der Waals surface area (Å²) in [5.74, 6) is 1.11. The SMILES string of the molecule is Cc1cc(C)c2c(c1)N(C(=O)[C@@H]1CSCC(=O)N1)CC2. The van der Waals surface area contributed by atoms with Gasteiger partial charge in [0.2, 0.25) is 11.8 Å². The number of rotatable bonds is 1. The molecular weight excluding hydrogens is 272 g/mol. The molecule has 0 bridgehead atoms. The van der Waals surface area contributed by atoms with Gasteiger partial charge in [0.05, 0.1) is 5.75 Å². The number of carbonyl (C=O) groups excluding carboxylic acids is 2. The van der Waals surface area contributed by atoms with E-state index in [1.54, 1.807) is 0 Å². The molecule has 0 aromatic heterocycles. The number of benzene rings is 1. The highest BCUT2D eigenvalue weighted by atomic mass is 32.2. The van der Waals surface area contributed by atoms with E-state index in [0.717, 1.165) is 18.7 Å². The molecule has 20 heavy (non-hydrogen) atoms. The molecule has 1 aromatic rings. The predicted octanol–water partition coefficient (Wildman–Crippen LogP) is 1.42. The van der Waals surface area contributed by atoms with Crippen molar-refractivity contribution in [2.75, 3.05) is 23.0 Å². The van der Waals surface area contributed by atoms with Crippen molar-refractivity contribution >= 4 is 29.3 Å². The van der Waals surface area contributed by atoms with Gasteiger partial charge in [-0.2, -0.15) is 0 Å². The lowest BCUT2D eigenvalue weighted by molar-refractivity contribution is -0.126. The molecule has 5 heteroatoms. The topological polar surface area (TPSA) is 49.4 Å². The molecule has 1 saturated heterocycles. The first-order chi connectivity index (χ1) is 9.56. The molecule has 2 heterocycles. The monoisotopic (exact) mass is 290 g/mol. The Balaban J connectivity index is 1.87. The van der Waals surface area contributed by atoms with Crippen molar-refractivity contribution in [3.63, 3.8) is 0 Å². The van der Waals surface area contributed by atoms with Crippen molar-refractivity contribution in [2.45, 2.75) is 26.3 Å². The summed E-state index contributed by atoms with van der Waals surface area (Å²) in [5, 5.41) is 2.80. The summed E-state index contributed by atoms with van der Waals surface area (Å²) in [4.78, 5) is 25.9. The quantitative estimate of drug-likeness (QED) is 0.851. The lowest BCUT2D eigenvalue weighted by Gasteiger charge is -2.27. The Kier molecular flexibility index (Phi) is 3.46. The first-order valence-corrected chi connectivity index (χ1v) is 8.00. The van der Waals surface area contributed by atoms with Crippen LogP contribution in [0, 0.1) is 13.8 Å². The largest absolute Gasteiger partial charge is 0.343 e. The second-order valence-electron chi connectivity index (χ2n) is 5.45. The van der Waals surface area contributed by atoms with Gasteiger partial charge in [0.15, 0.2) is 0 Å². The smallest absolute Gasteiger partial charge is 0.250 e. The molecule has 4 nitrogen and oxygen atoms in total. The molecule has 1 N–H and O–H groups in total. The molecule has 0 spiro atoms. The Morgan fingerprint density at radius 2 is 2.20 bits per heavy atom. The fourth-order valence-electron chi connectivity index (χ4n) is 2.98. The third-order valence-corrected chi connectivity index (χ3v) is 4.92. The zero-order valence-electron chi connectivity index (χ0n) is 11.7. The number of carbonyl (C=O) groups is 2. The van der Waals surface area contributed by atoms with Crippen LogP contribution in [0.25, 0.3) is 0 Å². The molecule has 1 atom stereocenters. The standard InChI is InChI=1S/C15H18N2O2S/c1-9-5-10(2)11-3-4-17(13(11)6-9)15(19)12-7-20-8-14(18)16-12/h5-6,12H,3-4,7-8H2,1-2H3,(H,16,18)/t12-/m0/s1. The molecular formula is C15H18N2O2S. The van der Waals surface area contributed by atoms with Gasteiger partial charge in [0.25, 0.3) is 0 Å². The van der Waals surface area contributed by atoms with E-state index in [1.165, 1.54) is 28.5 Å². The number of thioether (sulfide) groups is 1. The van der Waals surface area contributed by atoms with Crippen LogP contribution in [0.4, 0.5) is 5.69 Å². The lowest BCUT2D eigenvalue weighted by Crippen LogP contribution is -2.52. The van der Waals surface area contributed by atoms with Gasteiger partial charge in [-0.05, 0) is 43.0 Å². The predicted molar refractivity (Wildman–Crippen MR) is 81.2 cm³/mol. The molecule has 3 rings (SSSR count). The summed E-state index contributed by atoms with van der Waals surface area (Å²) < 4.78 is 0. The van der Waals surface area contributed by atoms with Gasteiger partial charge in [-0.1, -0.05) is 6.07 Å². The van der Waals surface area contributed by atoms with Crippen LogP contribution in [0.1, 0.15) is 16.7 Å². The molecule has 0 saturated carbocycles. The molecule has 1 fully saturated rings. The van der Waals surface area contributed by atoms with Crippen molar-refractivity contribution < 1.29 is 9.59 Å². The Labute approximate surface area is 122 Å². The Morgan fingerprint density at radius 3 is 2.95 bits per heavy atom. The summed E-state index contributed by atoms with van der Waals surface area (Å²) in [7, 11) is 0. The number of nitrogens with zero attached hydrogens (tertiary/aromatic N) is 1. The number of fused-ring (bicyclic) bond motifs is 1. The average Bonchev–Trinajstić information content (AvgIpc) is 2.81. The van der Waals surface area contributed by atoms with Crippen molar-refractivity contribution in [1.29, 1.82) is 0 Å². The fraction of sp³-hybridized carbons (Fsp3) is 0.467. The van der Waals surface area contributed by atoms with Crippen molar-refractivity contribution in [1.82, 2.24) is 5.32 Å². The molecule has 0 unspecified atom stereocenters. The normalized spacial score (nSPS) is 21.6. The Morgan fingerprint density at radius 1 is 1.40 bits per heavy atom. The second kappa shape index (κ2) is 5.13. The van der Waals surface area contributed by atoms with Gasteiger partial charge in [0, 0.05) is 18.0 Å². The first-order valence-electron chi connectivity index (χ1n) is 6.85. The third-order valence-electron chi connectivity index (χ3n) is 3.89. The highest BCUT2D eigenvalue weighted by molar-refractivity contribution is 8.00. The molecule has 2 amide bonds. The van der Waals surface area contributed by atoms with Crippen LogP contribution >= 0.6 is 11.8 Å². The summed E-state index contributed by atoms with van der Waals surface area (Å²) in [5.41, 5.74) is 4.71. The number of hydrogen-bond acceptors (Lipinski definition) is 3. The fourth-order valence-corrected chi connectivity index (χ4v) is 3.83. The highest BCUT2D eigenvalue weighted by Crippen LogP contribution is 2.32. The maximum Gasteiger partial charge on any atom is 0.250 e. The minimum absolute atomic E-state index is 0.0225. The van der Waals surface area contributed by atoms with E-state index < -0.39 is 0 Å². The molecule has 2 aliphatic heterocycles. The van der Waals surface area contributed by atoms with E-state index in [-0.39, 0.29) is 17.9 Å². The van der Waals surface area contributed by atoms with Crippen LogP contribution in [-0.2, 0) is 16.0 Å². The van der Waals surface area contributed by atoms with E-state index in [2.05, 4.69) is 24.4 Å². The summed E-state index contributed by atoms with van der Waals surface area (Å²) in [6.45, 7) is 4.86. The van der Waals surface area contributed by atoms with Crippen LogP contribution in [0.15, 0.2) is 12.1 Å². The van der Waals surface area contributed by atoms with Crippen LogP contribution in [0.2, 0.25) is 0 Å². The van der Waals surface area contributed by atoms with Gasteiger partial charge in [-0.25, -0.2) is 0 Å². The third kappa shape index (κ3) is 2.30. The van der Waals surface area contributed by atoms with Crippen molar-refractivity contribution in [2.24, 2.45) is 0 Å². The number of anilines is 1. The highest BCUT2D eigenvalue weighted by Gasteiger charge is 2.33. The van der Waals surface area contributed by atoms with Crippen LogP contribution in [0.3, 0.4) is 0 Å². The summed E-state index contributed by atoms with van der Waals surface area (Å²) in [6.07, 6.45) is 0.904. The summed E-state index contributed by atoms with van der Waals surface area (Å²) >= 11 is 1.53. The van der Waals surface area contributed by atoms with Crippen molar-refractivity contribution in [3.8, 4) is 0 Å². The Hall–Kier alpha value is -1.49. The molecule has 106 valence electrons. The van der Waals surface area contributed by atoms with E-state index >= 15 is 0 Å². The van der Waals surface area contributed by atoms with Crippen molar-refractivity contribution in [3.05, 3.63) is 28.8 Å². The molecule has 0 radical (unpaired) electrons. The Bertz CT molecular complexity index is 585. The van der Waals surface area contributed by atoms with E-state index in [0.29, 0.717) is 11.5 Å². The average molecular weight is 290 g/mol. The number of hydrogen-bond donors (Lipinski definition) is 1. The van der Waals surface area contributed by atoms with Gasteiger partial charge in [-0.15, -0.1) is 11.8 Å². The van der Waals surface area contributed by atoms with Crippen LogP contribution in [0.5, 0.6) is 0 Å². The molecule has 0 aliphatic carbocycles. The summed E-state index contributed by atoms with van der Waals surface area (Å²) in [6, 6.07) is 3.85. The minimum Gasteiger partial charge on any atom is -0.343 e. The van der Waals surface area contributed by atoms with Gasteiger partial charge in [-0.3, -0.25) is 9.59 Å². The zero-order chi connectivity index (χ0) is 14.3. The number of aryl methyl sites for hydroxylation is 2. The van der Waals surface area contributed by atoms with Crippen LogP contribution < -0.4 is 10.2 Å². The first kappa shape index (κ1) is 13.5. The maximum atomic E-state index is 12.6. The van der Waals surface area contributed by atoms with Gasteiger partial charge in [0.1, 0.15) is 6.04 Å². The van der Waals surface area contributed by atoms with E-state index in [4.69, 9.17) is 0 Å². The molecule has 1 aromatic carbocycles. The van der Waals surface area contributed by atoms with E-state index in [9.17, 15) is 9.59 Å². The zero-order valence-corrected chi connectivity index (χ0v) is 12.5. The van der Waals surface area contributed by atoms with E-state index in [1.807, 2.05) is 11.8 Å². The second-order valence-corrected chi connectivity index (χ2v) is 6.48. The number of amides is 2. The number of nitrogens with one attached hydrogen (secondary N) is 1. The van der Waals surface area contributed by atoms with Gasteiger partial charge < -0.3 is 10.2 Å². The van der Waals surface area contributed by atoms with Gasteiger partial charge >= 0.3 is 0 Å². The lowest BCUT2D eigenvalue weighted by atomic mass is 10.0. The van der Waals surface area contributed by atoms with Crippen LogP contribution in [-0.4, -0.2) is 35.9 Å². The maximum absolute atomic E-state index is 12.6.